The SMILES string of the molecule is CC=C(C)c1ccc(C(=O)OC)o1. The monoisotopic (exact) mass is 180 g/mol. The van der Waals surface area contributed by atoms with E-state index < -0.39 is 5.97 Å². The van der Waals surface area contributed by atoms with E-state index in [-0.39, 0.29) is 5.76 Å². The molecule has 1 rings (SSSR count). The number of allylic oxidation sites excluding steroid dienone is 2. The number of carbonyl (C=O) groups excluding carboxylic acids is 1. The first-order chi connectivity index (χ1) is 6.19. The molecule has 0 radical (unpaired) electrons. The van der Waals surface area contributed by atoms with Gasteiger partial charge in [0.1, 0.15) is 5.76 Å². The minimum atomic E-state index is -0.449. The van der Waals surface area contributed by atoms with Crippen molar-refractivity contribution >= 4 is 11.5 Å². The van der Waals surface area contributed by atoms with Gasteiger partial charge in [-0.1, -0.05) is 6.08 Å². The zero-order valence-electron chi connectivity index (χ0n) is 7.96. The summed E-state index contributed by atoms with van der Waals surface area (Å²) in [6, 6.07) is 3.36. The maximum atomic E-state index is 11.0. The van der Waals surface area contributed by atoms with Crippen molar-refractivity contribution in [2.45, 2.75) is 13.8 Å². The van der Waals surface area contributed by atoms with Crippen LogP contribution in [0.4, 0.5) is 0 Å². The van der Waals surface area contributed by atoms with Crippen molar-refractivity contribution in [2.24, 2.45) is 0 Å². The lowest BCUT2D eigenvalue weighted by Crippen LogP contribution is -1.98. The molecule has 1 aromatic heterocycles. The second-order valence-corrected chi connectivity index (χ2v) is 2.63. The van der Waals surface area contributed by atoms with Crippen LogP contribution in [0.25, 0.3) is 5.57 Å². The van der Waals surface area contributed by atoms with E-state index in [1.807, 2.05) is 19.9 Å². The summed E-state index contributed by atoms with van der Waals surface area (Å²) in [5.74, 6) is 0.483. The van der Waals surface area contributed by atoms with Crippen LogP contribution in [0.15, 0.2) is 22.6 Å². The Morgan fingerprint density at radius 1 is 1.46 bits per heavy atom. The fourth-order valence-electron chi connectivity index (χ4n) is 0.902. The molecule has 0 amide bonds. The van der Waals surface area contributed by atoms with Crippen LogP contribution in [-0.4, -0.2) is 13.1 Å². The third kappa shape index (κ3) is 1.99. The topological polar surface area (TPSA) is 39.4 Å². The van der Waals surface area contributed by atoms with Crippen molar-refractivity contribution in [2.75, 3.05) is 7.11 Å². The van der Waals surface area contributed by atoms with Crippen LogP contribution in [0.1, 0.15) is 30.2 Å². The van der Waals surface area contributed by atoms with E-state index in [0.29, 0.717) is 5.76 Å². The van der Waals surface area contributed by atoms with E-state index >= 15 is 0 Å². The van der Waals surface area contributed by atoms with Gasteiger partial charge in [0, 0.05) is 0 Å². The molecule has 0 aromatic carbocycles. The average molecular weight is 180 g/mol. The highest BCUT2D eigenvalue weighted by atomic mass is 16.5. The van der Waals surface area contributed by atoms with Gasteiger partial charge in [0.15, 0.2) is 0 Å². The molecule has 1 aromatic rings. The van der Waals surface area contributed by atoms with Gasteiger partial charge >= 0.3 is 5.97 Å². The van der Waals surface area contributed by atoms with E-state index in [9.17, 15) is 4.79 Å². The minimum absolute atomic E-state index is 0.235. The van der Waals surface area contributed by atoms with E-state index in [1.165, 1.54) is 7.11 Å². The molecule has 3 nitrogen and oxygen atoms in total. The van der Waals surface area contributed by atoms with E-state index in [4.69, 9.17) is 4.42 Å². The Hall–Kier alpha value is -1.51. The minimum Gasteiger partial charge on any atom is -0.463 e. The predicted octanol–water partition coefficient (Wildman–Crippen LogP) is 2.49. The van der Waals surface area contributed by atoms with Gasteiger partial charge in [0.05, 0.1) is 7.11 Å². The highest BCUT2D eigenvalue weighted by Crippen LogP contribution is 2.17. The summed E-state index contributed by atoms with van der Waals surface area (Å²) in [5.41, 5.74) is 0.996. The lowest BCUT2D eigenvalue weighted by molar-refractivity contribution is 0.0564. The molecular weight excluding hydrogens is 168 g/mol. The first-order valence-corrected chi connectivity index (χ1v) is 4.00. The summed E-state index contributed by atoms with van der Waals surface area (Å²) in [5, 5.41) is 0. The summed E-state index contributed by atoms with van der Waals surface area (Å²) < 4.78 is 9.76. The maximum Gasteiger partial charge on any atom is 0.373 e. The molecule has 0 N–H and O–H groups in total. The number of ether oxygens (including phenoxy) is 1. The molecule has 70 valence electrons. The first-order valence-electron chi connectivity index (χ1n) is 4.00. The highest BCUT2D eigenvalue weighted by molar-refractivity contribution is 5.86. The molecule has 0 atom stereocenters. The average Bonchev–Trinajstić information content (AvgIpc) is 2.64. The molecule has 0 bridgehead atoms. The van der Waals surface area contributed by atoms with Crippen LogP contribution in [0.5, 0.6) is 0 Å². The van der Waals surface area contributed by atoms with Crippen molar-refractivity contribution in [1.82, 2.24) is 0 Å². The number of esters is 1. The van der Waals surface area contributed by atoms with Crippen molar-refractivity contribution in [3.05, 3.63) is 29.7 Å². The Morgan fingerprint density at radius 3 is 2.62 bits per heavy atom. The molecule has 1 heterocycles. The molecule has 0 unspecified atom stereocenters. The summed E-state index contributed by atoms with van der Waals surface area (Å²) in [4.78, 5) is 11.0. The molecular formula is C10H12O3. The van der Waals surface area contributed by atoms with Crippen LogP contribution >= 0.6 is 0 Å². The second-order valence-electron chi connectivity index (χ2n) is 2.63. The fourth-order valence-corrected chi connectivity index (χ4v) is 0.902. The van der Waals surface area contributed by atoms with Crippen LogP contribution in [0.2, 0.25) is 0 Å². The van der Waals surface area contributed by atoms with E-state index in [1.54, 1.807) is 12.1 Å². The van der Waals surface area contributed by atoms with Crippen LogP contribution in [0.3, 0.4) is 0 Å². The smallest absolute Gasteiger partial charge is 0.373 e. The summed E-state index contributed by atoms with van der Waals surface area (Å²) in [6.07, 6.45) is 1.92. The third-order valence-corrected chi connectivity index (χ3v) is 1.81. The van der Waals surface area contributed by atoms with Gasteiger partial charge in [-0.05, 0) is 31.6 Å². The van der Waals surface area contributed by atoms with Gasteiger partial charge in [-0.2, -0.15) is 0 Å². The predicted molar refractivity (Wildman–Crippen MR) is 49.4 cm³/mol. The zero-order chi connectivity index (χ0) is 9.84. The van der Waals surface area contributed by atoms with Crippen LogP contribution < -0.4 is 0 Å². The number of hydrogen-bond acceptors (Lipinski definition) is 3. The lowest BCUT2D eigenvalue weighted by Gasteiger charge is -1.94. The molecule has 0 aliphatic carbocycles. The molecule has 0 aliphatic heterocycles. The Morgan fingerprint density at radius 2 is 2.08 bits per heavy atom. The standard InChI is InChI=1S/C10H12O3/c1-4-7(2)8-5-6-9(13-8)10(11)12-3/h4-6H,1-3H3. The summed E-state index contributed by atoms with van der Waals surface area (Å²) in [6.45, 7) is 3.83. The summed E-state index contributed by atoms with van der Waals surface area (Å²) >= 11 is 0. The van der Waals surface area contributed by atoms with Crippen molar-refractivity contribution in [1.29, 1.82) is 0 Å². The zero-order valence-corrected chi connectivity index (χ0v) is 7.96. The van der Waals surface area contributed by atoms with Crippen molar-refractivity contribution in [3.8, 4) is 0 Å². The quantitative estimate of drug-likeness (QED) is 0.656. The Balaban J connectivity index is 2.93. The number of rotatable bonds is 2. The fraction of sp³-hybridized carbons (Fsp3) is 0.300. The molecule has 0 spiro atoms. The number of hydrogen-bond donors (Lipinski definition) is 0. The molecule has 0 saturated heterocycles. The number of furan rings is 1. The van der Waals surface area contributed by atoms with Gasteiger partial charge in [0.25, 0.3) is 0 Å². The largest absolute Gasteiger partial charge is 0.463 e. The number of methoxy groups -OCH3 is 1. The molecule has 0 fully saturated rings. The van der Waals surface area contributed by atoms with Gasteiger partial charge in [-0.25, -0.2) is 4.79 Å². The van der Waals surface area contributed by atoms with Gasteiger partial charge < -0.3 is 9.15 Å². The Kier molecular flexibility index (Phi) is 2.90. The number of carbonyl (C=O) groups is 1. The van der Waals surface area contributed by atoms with Crippen molar-refractivity contribution < 1.29 is 13.9 Å². The highest BCUT2D eigenvalue weighted by Gasteiger charge is 2.10. The summed E-state index contributed by atoms with van der Waals surface area (Å²) in [7, 11) is 1.33. The molecule has 0 aliphatic rings. The Bertz CT molecular complexity index is 334. The van der Waals surface area contributed by atoms with Crippen LogP contribution in [0, 0.1) is 0 Å². The molecule has 3 heteroatoms. The molecule has 13 heavy (non-hydrogen) atoms. The van der Waals surface area contributed by atoms with E-state index in [0.717, 1.165) is 5.57 Å². The van der Waals surface area contributed by atoms with Gasteiger partial charge in [-0.15, -0.1) is 0 Å². The molecule has 0 saturated carbocycles. The normalized spacial score (nSPS) is 11.5. The van der Waals surface area contributed by atoms with Crippen molar-refractivity contribution in [3.63, 3.8) is 0 Å². The first kappa shape index (κ1) is 9.58. The van der Waals surface area contributed by atoms with Gasteiger partial charge in [-0.3, -0.25) is 0 Å². The second kappa shape index (κ2) is 3.94. The van der Waals surface area contributed by atoms with Gasteiger partial charge in [0.2, 0.25) is 5.76 Å². The van der Waals surface area contributed by atoms with E-state index in [2.05, 4.69) is 4.74 Å². The Labute approximate surface area is 77.0 Å². The maximum absolute atomic E-state index is 11.0. The third-order valence-electron chi connectivity index (χ3n) is 1.81. The van der Waals surface area contributed by atoms with Crippen LogP contribution in [-0.2, 0) is 4.74 Å². The lowest BCUT2D eigenvalue weighted by atomic mass is 10.2.